The molecule has 0 heterocycles. The smallest absolute Gasteiger partial charge is 0 e. The van der Waals surface area contributed by atoms with E-state index in [1.54, 1.807) is 0 Å². The maximum atomic E-state index is 0. The second kappa shape index (κ2) is 18.8. The van der Waals surface area contributed by atoms with Crippen molar-refractivity contribution in [1.82, 2.24) is 0 Å². The van der Waals surface area contributed by atoms with Gasteiger partial charge in [-0.05, 0) is 0 Å². The fourth-order valence-electron chi connectivity index (χ4n) is 0. The van der Waals surface area contributed by atoms with E-state index in [2.05, 4.69) is 0 Å². The molecule has 0 bridgehead atoms. The SMILES string of the molecule is P.[Ni].[Pt].[Zn]. The second-order valence-electron chi connectivity index (χ2n) is 0. The zero-order valence-electron chi connectivity index (χ0n) is 2.05. The molecule has 1 unspecified atom stereocenters. The summed E-state index contributed by atoms with van der Waals surface area (Å²) in [6, 6.07) is 0. The maximum Gasteiger partial charge on any atom is 0 e. The van der Waals surface area contributed by atoms with Gasteiger partial charge in [0.05, 0.1) is 0 Å². The van der Waals surface area contributed by atoms with Gasteiger partial charge in [-0.3, -0.25) is 0 Å². The molecule has 0 aromatic rings. The van der Waals surface area contributed by atoms with Crippen LogP contribution in [0.25, 0.3) is 0 Å². The first kappa shape index (κ1) is 34.2. The first-order valence-corrected chi connectivity index (χ1v) is 0. The molecular weight excluding hydrogens is 350 g/mol. The van der Waals surface area contributed by atoms with E-state index in [1.807, 2.05) is 0 Å². The van der Waals surface area contributed by atoms with Crippen molar-refractivity contribution in [3.05, 3.63) is 0 Å². The Morgan fingerprint density at radius 2 is 1.00 bits per heavy atom. The van der Waals surface area contributed by atoms with E-state index in [9.17, 15) is 0 Å². The monoisotopic (exact) mass is 351 g/mol. The van der Waals surface area contributed by atoms with E-state index in [0.717, 1.165) is 0 Å². The van der Waals surface area contributed by atoms with Crippen LogP contribution >= 0.6 is 9.90 Å². The summed E-state index contributed by atoms with van der Waals surface area (Å²) in [5.41, 5.74) is 0. The molecule has 0 spiro atoms. The molecule has 0 amide bonds. The topological polar surface area (TPSA) is 0 Å². The molecule has 0 rings (SSSR count). The van der Waals surface area contributed by atoms with Crippen molar-refractivity contribution in [2.75, 3.05) is 0 Å². The van der Waals surface area contributed by atoms with Crippen molar-refractivity contribution in [2.45, 2.75) is 0 Å². The molecule has 0 aliphatic heterocycles. The van der Waals surface area contributed by atoms with Crippen LogP contribution in [-0.4, -0.2) is 0 Å². The van der Waals surface area contributed by atoms with E-state index < -0.39 is 0 Å². The third-order valence-electron chi connectivity index (χ3n) is 0. The molecule has 4 heavy (non-hydrogen) atoms. The van der Waals surface area contributed by atoms with Crippen LogP contribution < -0.4 is 0 Å². The van der Waals surface area contributed by atoms with E-state index in [0.29, 0.717) is 0 Å². The maximum absolute atomic E-state index is 0. The van der Waals surface area contributed by atoms with E-state index in [4.69, 9.17) is 0 Å². The average molecular weight is 353 g/mol. The van der Waals surface area contributed by atoms with E-state index >= 15 is 0 Å². The summed E-state index contributed by atoms with van der Waals surface area (Å²) in [7, 11) is 0. The minimum Gasteiger partial charge on any atom is -0.153 e. The number of hydrogen-bond donors (Lipinski definition) is 0. The summed E-state index contributed by atoms with van der Waals surface area (Å²) in [6.07, 6.45) is 0. The minimum absolute atomic E-state index is 0. The molecular formula is H3NiPPtZn. The average Bonchev–Trinajstić information content (AvgIpc) is 0. The summed E-state index contributed by atoms with van der Waals surface area (Å²) in [4.78, 5) is 0. The van der Waals surface area contributed by atoms with Crippen LogP contribution in [0.1, 0.15) is 0 Å². The van der Waals surface area contributed by atoms with Gasteiger partial charge in [-0.25, -0.2) is 0 Å². The third-order valence-corrected chi connectivity index (χ3v) is 0. The van der Waals surface area contributed by atoms with E-state index in [-0.39, 0.29) is 66.9 Å². The standard InChI is InChI=1S/Ni.H3P.Pt.Zn/h;1H3;;. The van der Waals surface area contributed by atoms with Crippen molar-refractivity contribution in [1.29, 1.82) is 0 Å². The van der Waals surface area contributed by atoms with E-state index in [1.165, 1.54) is 0 Å². The molecule has 0 radical (unpaired) electrons. The Labute approximate surface area is 66.4 Å². The van der Waals surface area contributed by atoms with Crippen LogP contribution in [0.15, 0.2) is 0 Å². The molecule has 30 valence electrons. The summed E-state index contributed by atoms with van der Waals surface area (Å²) in [6.45, 7) is 0. The van der Waals surface area contributed by atoms with Crippen LogP contribution in [0, 0.1) is 0 Å². The minimum atomic E-state index is 0. The molecule has 0 nitrogen and oxygen atoms in total. The Morgan fingerprint density at radius 1 is 1.00 bits per heavy atom. The van der Waals surface area contributed by atoms with Crippen molar-refractivity contribution < 1.29 is 57.0 Å². The molecule has 0 aliphatic carbocycles. The first-order chi connectivity index (χ1) is 0. The molecule has 0 saturated heterocycles. The Morgan fingerprint density at radius 3 is 1.00 bits per heavy atom. The Hall–Kier alpha value is 2.24. The zero-order chi connectivity index (χ0) is 0. The van der Waals surface area contributed by atoms with Gasteiger partial charge in [-0.2, -0.15) is 9.90 Å². The van der Waals surface area contributed by atoms with Gasteiger partial charge >= 0.3 is 0 Å². The van der Waals surface area contributed by atoms with Crippen LogP contribution in [-0.2, 0) is 57.0 Å². The quantitative estimate of drug-likeness (QED) is 0.427. The molecule has 4 heteroatoms. The molecule has 0 fully saturated rings. The first-order valence-electron chi connectivity index (χ1n) is 0. The Bertz CT molecular complexity index is 8.00. The van der Waals surface area contributed by atoms with Gasteiger partial charge in [-0.1, -0.05) is 0 Å². The number of hydrogen-bond acceptors (Lipinski definition) is 0. The Kier molecular flexibility index (Phi) is 161. The molecule has 0 saturated carbocycles. The van der Waals surface area contributed by atoms with Crippen molar-refractivity contribution in [3.8, 4) is 0 Å². The Balaban J connectivity index is 0. The fraction of sp³-hybridized carbons (Fsp3) is 0. The van der Waals surface area contributed by atoms with Gasteiger partial charge in [0, 0.05) is 57.0 Å². The van der Waals surface area contributed by atoms with Crippen LogP contribution in [0.4, 0.5) is 0 Å². The van der Waals surface area contributed by atoms with Crippen molar-refractivity contribution in [3.63, 3.8) is 0 Å². The molecule has 0 aromatic carbocycles. The van der Waals surface area contributed by atoms with Crippen LogP contribution in [0.5, 0.6) is 0 Å². The van der Waals surface area contributed by atoms with Gasteiger partial charge in [-0.15, -0.1) is 0 Å². The normalized spacial score (nSPS) is 0. The predicted octanol–water partition coefficient (Wildman–Crippen LogP) is 0.0506. The predicted molar refractivity (Wildman–Crippen MR) is 11.1 cm³/mol. The third kappa shape index (κ3) is 8.87. The van der Waals surface area contributed by atoms with Gasteiger partial charge in [0.15, 0.2) is 0 Å². The van der Waals surface area contributed by atoms with Crippen molar-refractivity contribution in [2.24, 2.45) is 0 Å². The summed E-state index contributed by atoms with van der Waals surface area (Å²) in [5.74, 6) is 0. The molecule has 1 atom stereocenters. The van der Waals surface area contributed by atoms with Crippen LogP contribution in [0.3, 0.4) is 0 Å². The fourth-order valence-corrected chi connectivity index (χ4v) is 0. The molecule has 0 aliphatic rings. The van der Waals surface area contributed by atoms with Crippen LogP contribution in [0.2, 0.25) is 0 Å². The summed E-state index contributed by atoms with van der Waals surface area (Å²) in [5, 5.41) is 0. The zero-order valence-corrected chi connectivity index (χ0v) is 9.69. The van der Waals surface area contributed by atoms with Gasteiger partial charge in [0.25, 0.3) is 0 Å². The van der Waals surface area contributed by atoms with Gasteiger partial charge in [0.1, 0.15) is 0 Å². The van der Waals surface area contributed by atoms with Gasteiger partial charge < -0.3 is 0 Å². The summed E-state index contributed by atoms with van der Waals surface area (Å²) >= 11 is 0. The number of rotatable bonds is 0. The second-order valence-corrected chi connectivity index (χ2v) is 0. The van der Waals surface area contributed by atoms with Gasteiger partial charge in [0.2, 0.25) is 0 Å². The largest absolute Gasteiger partial charge is 0.153 e. The molecule has 0 aromatic heterocycles. The summed E-state index contributed by atoms with van der Waals surface area (Å²) < 4.78 is 0. The molecule has 0 N–H and O–H groups in total. The van der Waals surface area contributed by atoms with Crippen molar-refractivity contribution >= 4 is 9.90 Å².